The first-order valence-electron chi connectivity index (χ1n) is 6.91. The van der Waals surface area contributed by atoms with Crippen molar-refractivity contribution in [1.29, 1.82) is 0 Å². The number of anilines is 1. The molecule has 0 amide bonds. The highest BCUT2D eigenvalue weighted by Gasteiger charge is 2.26. The van der Waals surface area contributed by atoms with Crippen LogP contribution in [0, 0.1) is 6.92 Å². The van der Waals surface area contributed by atoms with Crippen molar-refractivity contribution in [1.82, 2.24) is 4.98 Å². The van der Waals surface area contributed by atoms with Gasteiger partial charge < -0.3 is 0 Å². The molecule has 8 heteroatoms. The zero-order valence-corrected chi connectivity index (χ0v) is 14.7. The van der Waals surface area contributed by atoms with Gasteiger partial charge in [0.05, 0.1) is 21.7 Å². The number of hydrogen-bond acceptors (Lipinski definition) is 5. The lowest BCUT2D eigenvalue weighted by Gasteiger charge is -2.23. The van der Waals surface area contributed by atoms with Gasteiger partial charge in [-0.25, -0.2) is 16.8 Å². The first kappa shape index (κ1) is 17.4. The molecule has 0 aliphatic rings. The Kier molecular flexibility index (Phi) is 4.76. The highest BCUT2D eigenvalue weighted by atomic mass is 32.2. The van der Waals surface area contributed by atoms with Crippen LogP contribution < -0.4 is 4.31 Å². The summed E-state index contributed by atoms with van der Waals surface area (Å²) in [7, 11) is -7.38. The Morgan fingerprint density at radius 2 is 1.83 bits per heavy atom. The summed E-state index contributed by atoms with van der Waals surface area (Å²) in [5.41, 5.74) is 0.916. The fourth-order valence-electron chi connectivity index (χ4n) is 2.20. The molecule has 0 N–H and O–H groups in total. The Morgan fingerprint density at radius 1 is 1.13 bits per heavy atom. The molecular formula is C15H18N2O4S2. The van der Waals surface area contributed by atoms with Gasteiger partial charge in [0.25, 0.3) is 10.0 Å². The molecule has 0 aliphatic heterocycles. The molecule has 124 valence electrons. The second-order valence-corrected chi connectivity index (χ2v) is 8.93. The van der Waals surface area contributed by atoms with Crippen LogP contribution in [0.25, 0.3) is 0 Å². The van der Waals surface area contributed by atoms with Crippen molar-refractivity contribution in [3.63, 3.8) is 0 Å². The molecule has 1 aromatic heterocycles. The van der Waals surface area contributed by atoms with Gasteiger partial charge in [-0.05, 0) is 43.7 Å². The van der Waals surface area contributed by atoms with Crippen LogP contribution in [-0.4, -0.2) is 34.6 Å². The predicted molar refractivity (Wildman–Crippen MR) is 88.7 cm³/mol. The van der Waals surface area contributed by atoms with E-state index in [9.17, 15) is 16.8 Å². The Balaban J connectivity index is 2.63. The molecule has 0 fully saturated rings. The number of sulfone groups is 1. The van der Waals surface area contributed by atoms with Gasteiger partial charge in [0.1, 0.15) is 0 Å². The quantitative estimate of drug-likeness (QED) is 0.820. The molecule has 2 rings (SSSR count). The van der Waals surface area contributed by atoms with Crippen LogP contribution >= 0.6 is 0 Å². The minimum atomic E-state index is -3.89. The van der Waals surface area contributed by atoms with E-state index < -0.39 is 19.9 Å². The van der Waals surface area contributed by atoms with E-state index in [2.05, 4.69) is 4.98 Å². The maximum Gasteiger partial charge on any atom is 0.264 e. The fraction of sp³-hybridized carbons (Fsp3) is 0.267. The molecule has 0 bridgehead atoms. The molecule has 1 aromatic carbocycles. The van der Waals surface area contributed by atoms with Gasteiger partial charge in [-0.2, -0.15) is 0 Å². The number of aromatic nitrogens is 1. The SMILES string of the molecule is CCN(c1cccnc1)S(=O)(=O)c1cc(S(C)(=O)=O)ccc1C. The van der Waals surface area contributed by atoms with Crippen molar-refractivity contribution in [3.05, 3.63) is 48.3 Å². The van der Waals surface area contributed by atoms with E-state index >= 15 is 0 Å². The van der Waals surface area contributed by atoms with Crippen molar-refractivity contribution < 1.29 is 16.8 Å². The van der Waals surface area contributed by atoms with Crippen molar-refractivity contribution in [2.45, 2.75) is 23.6 Å². The van der Waals surface area contributed by atoms with Crippen LogP contribution in [0.3, 0.4) is 0 Å². The van der Waals surface area contributed by atoms with E-state index in [1.807, 2.05) is 0 Å². The number of hydrogen-bond donors (Lipinski definition) is 0. The lowest BCUT2D eigenvalue weighted by Crippen LogP contribution is -2.31. The van der Waals surface area contributed by atoms with Crippen LogP contribution in [-0.2, 0) is 19.9 Å². The van der Waals surface area contributed by atoms with Gasteiger partial charge in [-0.3, -0.25) is 9.29 Å². The third-order valence-corrected chi connectivity index (χ3v) is 6.53. The van der Waals surface area contributed by atoms with Crippen molar-refractivity contribution in [2.24, 2.45) is 0 Å². The van der Waals surface area contributed by atoms with Gasteiger partial charge in [0.15, 0.2) is 9.84 Å². The largest absolute Gasteiger partial charge is 0.265 e. The van der Waals surface area contributed by atoms with E-state index in [0.717, 1.165) is 6.26 Å². The highest BCUT2D eigenvalue weighted by Crippen LogP contribution is 2.27. The van der Waals surface area contributed by atoms with Gasteiger partial charge >= 0.3 is 0 Å². The number of rotatable bonds is 5. The third-order valence-electron chi connectivity index (χ3n) is 3.38. The Morgan fingerprint density at radius 3 is 2.35 bits per heavy atom. The van der Waals surface area contributed by atoms with E-state index in [-0.39, 0.29) is 16.3 Å². The van der Waals surface area contributed by atoms with Crippen molar-refractivity contribution >= 4 is 25.5 Å². The lowest BCUT2D eigenvalue weighted by atomic mass is 10.2. The number of aryl methyl sites for hydroxylation is 1. The second kappa shape index (κ2) is 6.29. The van der Waals surface area contributed by atoms with Gasteiger partial charge in [0.2, 0.25) is 0 Å². The molecule has 1 heterocycles. The number of sulfonamides is 1. The van der Waals surface area contributed by atoms with Crippen molar-refractivity contribution in [2.75, 3.05) is 17.1 Å². The number of nitrogens with zero attached hydrogens (tertiary/aromatic N) is 2. The molecule has 2 aromatic rings. The Hall–Kier alpha value is -1.93. The minimum Gasteiger partial charge on any atom is -0.265 e. The molecule has 0 saturated carbocycles. The summed E-state index contributed by atoms with van der Waals surface area (Å²) in [5, 5.41) is 0. The first-order valence-corrected chi connectivity index (χ1v) is 10.2. The summed E-state index contributed by atoms with van der Waals surface area (Å²) in [4.78, 5) is 3.89. The van der Waals surface area contributed by atoms with Crippen molar-refractivity contribution in [3.8, 4) is 0 Å². The minimum absolute atomic E-state index is 0.0221. The average molecular weight is 354 g/mol. The maximum absolute atomic E-state index is 13.0. The summed E-state index contributed by atoms with van der Waals surface area (Å²) in [6, 6.07) is 7.40. The summed E-state index contributed by atoms with van der Waals surface area (Å²) >= 11 is 0. The zero-order valence-electron chi connectivity index (χ0n) is 13.1. The molecule has 0 atom stereocenters. The molecule has 0 radical (unpaired) electrons. The molecule has 0 saturated heterocycles. The monoisotopic (exact) mass is 354 g/mol. The topological polar surface area (TPSA) is 84.4 Å². The molecule has 0 aliphatic carbocycles. The first-order chi connectivity index (χ1) is 10.7. The molecule has 23 heavy (non-hydrogen) atoms. The molecule has 6 nitrogen and oxygen atoms in total. The summed E-state index contributed by atoms with van der Waals surface area (Å²) < 4.78 is 50.6. The lowest BCUT2D eigenvalue weighted by molar-refractivity contribution is 0.590. The summed E-state index contributed by atoms with van der Waals surface area (Å²) in [6.45, 7) is 3.55. The van der Waals surface area contributed by atoms with E-state index in [1.165, 1.54) is 28.7 Å². The van der Waals surface area contributed by atoms with Crippen LogP contribution in [0.1, 0.15) is 12.5 Å². The fourth-order valence-corrected chi connectivity index (χ4v) is 4.64. The Labute approximate surface area is 136 Å². The molecule has 0 unspecified atom stereocenters. The predicted octanol–water partition coefficient (Wildman–Crippen LogP) is 2.01. The van der Waals surface area contributed by atoms with Gasteiger partial charge in [-0.15, -0.1) is 0 Å². The molecule has 0 spiro atoms. The van der Waals surface area contributed by atoms with Crippen LogP contribution in [0.4, 0.5) is 5.69 Å². The number of pyridine rings is 1. The third kappa shape index (κ3) is 3.53. The second-order valence-electron chi connectivity index (χ2n) is 5.08. The standard InChI is InChI=1S/C15H18N2O4S2/c1-4-17(13-6-5-9-16-11-13)23(20,21)15-10-14(22(3,18)19)8-7-12(15)2/h5-11H,4H2,1-3H3. The normalized spacial score (nSPS) is 12.1. The van der Waals surface area contributed by atoms with Crippen LogP contribution in [0.15, 0.2) is 52.5 Å². The summed E-state index contributed by atoms with van der Waals surface area (Å²) in [5.74, 6) is 0. The van der Waals surface area contributed by atoms with E-state index in [1.54, 1.807) is 32.2 Å². The maximum atomic E-state index is 13.0. The Bertz CT molecular complexity index is 908. The number of benzene rings is 1. The van der Waals surface area contributed by atoms with E-state index in [0.29, 0.717) is 11.3 Å². The van der Waals surface area contributed by atoms with E-state index in [4.69, 9.17) is 0 Å². The molecular weight excluding hydrogens is 336 g/mol. The smallest absolute Gasteiger partial charge is 0.264 e. The van der Waals surface area contributed by atoms with Gasteiger partial charge in [-0.1, -0.05) is 6.07 Å². The highest BCUT2D eigenvalue weighted by molar-refractivity contribution is 7.93. The zero-order chi connectivity index (χ0) is 17.3. The van der Waals surface area contributed by atoms with Crippen LogP contribution in [0.5, 0.6) is 0 Å². The van der Waals surface area contributed by atoms with Crippen LogP contribution in [0.2, 0.25) is 0 Å². The average Bonchev–Trinajstić information content (AvgIpc) is 2.47. The summed E-state index contributed by atoms with van der Waals surface area (Å²) in [6.07, 6.45) is 4.06. The van der Waals surface area contributed by atoms with Gasteiger partial charge in [0, 0.05) is 19.0 Å².